The third kappa shape index (κ3) is 3.99. The van der Waals surface area contributed by atoms with Crippen LogP contribution in [0.1, 0.15) is 5.56 Å². The Morgan fingerprint density at radius 3 is 2.47 bits per heavy atom. The highest BCUT2D eigenvalue weighted by Crippen LogP contribution is 2.41. The second-order valence-electron chi connectivity index (χ2n) is 8.35. The molecule has 0 N–H and O–H groups in total. The summed E-state index contributed by atoms with van der Waals surface area (Å²) in [5, 5.41) is 1.73. The fourth-order valence-electron chi connectivity index (χ4n) is 4.30. The van der Waals surface area contributed by atoms with Crippen molar-refractivity contribution in [3.8, 4) is 22.8 Å². The fraction of sp³-hybridized carbons (Fsp3) is 0.192. The predicted octanol–water partition coefficient (Wildman–Crippen LogP) is 6.02. The largest absolute Gasteiger partial charge is 0.493 e. The molecule has 36 heavy (non-hydrogen) atoms. The number of alkyl halides is 1. The number of aromatic nitrogens is 3. The molecule has 0 fully saturated rings. The first-order valence-electron chi connectivity index (χ1n) is 11.1. The van der Waals surface area contributed by atoms with Gasteiger partial charge in [0, 0.05) is 41.8 Å². The Labute approximate surface area is 218 Å². The van der Waals surface area contributed by atoms with E-state index in [1.54, 1.807) is 43.5 Å². The molecule has 0 aliphatic carbocycles. The van der Waals surface area contributed by atoms with Gasteiger partial charge in [0.05, 0.1) is 34.1 Å². The van der Waals surface area contributed by atoms with Crippen molar-refractivity contribution in [3.05, 3.63) is 71.5 Å². The maximum Gasteiger partial charge on any atom is 0.269 e. The fourth-order valence-corrected chi connectivity index (χ4v) is 6.05. The zero-order chi connectivity index (χ0) is 25.6. The van der Waals surface area contributed by atoms with E-state index in [2.05, 4.69) is 4.98 Å². The van der Waals surface area contributed by atoms with Gasteiger partial charge in [-0.1, -0.05) is 29.3 Å². The van der Waals surface area contributed by atoms with E-state index in [0.717, 1.165) is 16.5 Å². The summed E-state index contributed by atoms with van der Waals surface area (Å²) in [6.45, 7) is 2.23. The Hall–Kier alpha value is -3.20. The van der Waals surface area contributed by atoms with Gasteiger partial charge in [0.15, 0.2) is 17.1 Å². The molecule has 0 amide bonds. The van der Waals surface area contributed by atoms with E-state index in [1.807, 2.05) is 36.9 Å². The Bertz CT molecular complexity index is 1710. The topological polar surface area (TPSA) is 75.4 Å². The lowest BCUT2D eigenvalue weighted by Crippen LogP contribution is -2.14. The third-order valence-corrected chi connectivity index (χ3v) is 8.25. The lowest BCUT2D eigenvalue weighted by Gasteiger charge is -2.13. The number of fused-ring (bicyclic) bond motifs is 2. The predicted molar refractivity (Wildman–Crippen MR) is 143 cm³/mol. The van der Waals surface area contributed by atoms with Crippen LogP contribution >= 0.6 is 23.2 Å². The minimum atomic E-state index is -4.01. The molecule has 7 nitrogen and oxygen atoms in total. The molecule has 0 atom stereocenters. The quantitative estimate of drug-likeness (QED) is 0.234. The SMILES string of the molecule is COc1cc2c(-c3cc4c(Cl)ccnc4n3S(=O)(=O)c3ccc(C)cc3)cn(C)c2cc1OCCCl. The molecule has 2 aromatic carbocycles. The van der Waals surface area contributed by atoms with Gasteiger partial charge in [0.1, 0.15) is 6.61 Å². The number of benzene rings is 2. The van der Waals surface area contributed by atoms with Crippen molar-refractivity contribution in [2.45, 2.75) is 11.8 Å². The van der Waals surface area contributed by atoms with E-state index in [9.17, 15) is 8.42 Å². The minimum absolute atomic E-state index is 0.156. The van der Waals surface area contributed by atoms with E-state index >= 15 is 0 Å². The number of pyridine rings is 1. The molecule has 0 unspecified atom stereocenters. The van der Waals surface area contributed by atoms with Gasteiger partial charge in [0.2, 0.25) is 0 Å². The summed E-state index contributed by atoms with van der Waals surface area (Å²) in [4.78, 5) is 4.56. The average molecular weight is 544 g/mol. The molecule has 0 aliphatic rings. The number of nitrogens with zero attached hydrogens (tertiary/aromatic N) is 3. The van der Waals surface area contributed by atoms with E-state index < -0.39 is 10.0 Å². The number of halogens is 2. The normalized spacial score (nSPS) is 11.9. The highest BCUT2D eigenvalue weighted by atomic mass is 35.5. The van der Waals surface area contributed by atoms with Crippen LogP contribution in [0, 0.1) is 6.92 Å². The van der Waals surface area contributed by atoms with Crippen molar-refractivity contribution in [3.63, 3.8) is 0 Å². The molecule has 0 radical (unpaired) electrons. The highest BCUT2D eigenvalue weighted by Gasteiger charge is 2.27. The zero-order valence-corrected chi connectivity index (χ0v) is 22.2. The lowest BCUT2D eigenvalue weighted by molar-refractivity contribution is 0.313. The van der Waals surface area contributed by atoms with E-state index in [-0.39, 0.29) is 10.5 Å². The van der Waals surface area contributed by atoms with Gasteiger partial charge in [-0.25, -0.2) is 17.4 Å². The van der Waals surface area contributed by atoms with Gasteiger partial charge in [-0.05, 0) is 37.3 Å². The zero-order valence-electron chi connectivity index (χ0n) is 19.8. The van der Waals surface area contributed by atoms with E-state index in [0.29, 0.717) is 45.7 Å². The maximum atomic E-state index is 14.0. The Kier molecular flexibility index (Phi) is 6.36. The molecule has 0 bridgehead atoms. The number of aryl methyl sites for hydroxylation is 2. The first-order valence-corrected chi connectivity index (χ1v) is 13.5. The summed E-state index contributed by atoms with van der Waals surface area (Å²) < 4.78 is 42.5. The van der Waals surface area contributed by atoms with E-state index in [1.165, 1.54) is 10.2 Å². The molecular formula is C26H23Cl2N3O4S. The van der Waals surface area contributed by atoms with Crippen LogP contribution in [0.3, 0.4) is 0 Å². The molecule has 3 heterocycles. The second-order valence-corrected chi connectivity index (χ2v) is 10.9. The molecule has 0 saturated carbocycles. The van der Waals surface area contributed by atoms with Crippen molar-refractivity contribution in [2.24, 2.45) is 7.05 Å². The minimum Gasteiger partial charge on any atom is -0.493 e. The van der Waals surface area contributed by atoms with Gasteiger partial charge in [-0.15, -0.1) is 11.6 Å². The third-order valence-electron chi connectivity index (χ3n) is 6.05. The van der Waals surface area contributed by atoms with Crippen molar-refractivity contribution in [1.82, 2.24) is 13.5 Å². The molecule has 3 aromatic heterocycles. The first-order chi connectivity index (χ1) is 17.3. The summed E-state index contributed by atoms with van der Waals surface area (Å²) in [7, 11) is -0.573. The van der Waals surface area contributed by atoms with Gasteiger partial charge < -0.3 is 14.0 Å². The number of hydrogen-bond donors (Lipinski definition) is 0. The van der Waals surface area contributed by atoms with E-state index in [4.69, 9.17) is 32.7 Å². The Balaban J connectivity index is 1.83. The summed E-state index contributed by atoms with van der Waals surface area (Å²) in [6, 6.07) is 13.8. The summed E-state index contributed by atoms with van der Waals surface area (Å²) in [5.41, 5.74) is 3.16. The van der Waals surface area contributed by atoms with Crippen LogP contribution in [0.5, 0.6) is 11.5 Å². The van der Waals surface area contributed by atoms with Crippen molar-refractivity contribution in [1.29, 1.82) is 0 Å². The molecule has 5 rings (SSSR count). The smallest absolute Gasteiger partial charge is 0.269 e. The Morgan fingerprint density at radius 1 is 1.03 bits per heavy atom. The molecule has 5 aromatic rings. The number of rotatable bonds is 7. The molecule has 10 heteroatoms. The molecular weight excluding hydrogens is 521 g/mol. The lowest BCUT2D eigenvalue weighted by atomic mass is 10.1. The number of hydrogen-bond acceptors (Lipinski definition) is 5. The van der Waals surface area contributed by atoms with Crippen LogP contribution in [0.25, 0.3) is 33.2 Å². The summed E-state index contributed by atoms with van der Waals surface area (Å²) in [6.07, 6.45) is 3.38. The highest BCUT2D eigenvalue weighted by molar-refractivity contribution is 7.90. The maximum absolute atomic E-state index is 14.0. The van der Waals surface area contributed by atoms with Crippen LogP contribution in [-0.2, 0) is 17.1 Å². The monoisotopic (exact) mass is 543 g/mol. The van der Waals surface area contributed by atoms with Crippen molar-refractivity contribution >= 4 is 55.2 Å². The van der Waals surface area contributed by atoms with Crippen LogP contribution < -0.4 is 9.47 Å². The van der Waals surface area contributed by atoms with Gasteiger partial charge in [-0.2, -0.15) is 0 Å². The number of ether oxygens (including phenoxy) is 2. The molecule has 186 valence electrons. The van der Waals surface area contributed by atoms with Crippen LogP contribution in [0.15, 0.2) is 65.8 Å². The van der Waals surface area contributed by atoms with Crippen LogP contribution in [-0.4, -0.2) is 41.5 Å². The number of methoxy groups -OCH3 is 1. The standard InChI is InChI=1S/C26H23Cl2N3O4S/c1-16-4-6-17(7-5-16)36(32,33)31-23(12-19-21(28)8-10-29-26(19)31)20-15-30(2)22-14-25(35-11-9-27)24(34-3)13-18(20)22/h4-8,10,12-15H,9,11H2,1-3H3. The van der Waals surface area contributed by atoms with Crippen LogP contribution in [0.2, 0.25) is 5.02 Å². The Morgan fingerprint density at radius 2 is 1.78 bits per heavy atom. The summed E-state index contributed by atoms with van der Waals surface area (Å²) >= 11 is 12.3. The average Bonchev–Trinajstić information content (AvgIpc) is 3.41. The van der Waals surface area contributed by atoms with Crippen molar-refractivity contribution in [2.75, 3.05) is 19.6 Å². The van der Waals surface area contributed by atoms with Crippen molar-refractivity contribution < 1.29 is 17.9 Å². The molecule has 0 saturated heterocycles. The molecule has 0 spiro atoms. The molecule has 0 aliphatic heterocycles. The van der Waals surface area contributed by atoms with Crippen LogP contribution in [0.4, 0.5) is 0 Å². The van der Waals surface area contributed by atoms with Gasteiger partial charge in [-0.3, -0.25) is 0 Å². The van der Waals surface area contributed by atoms with Gasteiger partial charge in [0.25, 0.3) is 10.0 Å². The second kappa shape index (κ2) is 9.35. The summed E-state index contributed by atoms with van der Waals surface area (Å²) in [5.74, 6) is 1.40. The first kappa shape index (κ1) is 24.5. The van der Waals surface area contributed by atoms with Gasteiger partial charge >= 0.3 is 0 Å².